The Morgan fingerprint density at radius 2 is 1.54 bits per heavy atom. The first kappa shape index (κ1) is 16.0. The van der Waals surface area contributed by atoms with E-state index in [-0.39, 0.29) is 0 Å². The standard InChI is InChI=1S/C22H22NO2P/c1-23(2)26-24-19-13-11-15-7-3-5-9-17(15)21(19)22-18-10-6-4-8-16(18)12-14-20(22)25-26/h3,5,7,9,11-14H,4,6,8,10H2,1-2H3. The van der Waals surface area contributed by atoms with E-state index in [1.807, 2.05) is 18.8 Å². The number of hydrogen-bond acceptors (Lipinski definition) is 3. The number of hydrogen-bond donors (Lipinski definition) is 0. The summed E-state index contributed by atoms with van der Waals surface area (Å²) in [6.07, 6.45) is 4.79. The third kappa shape index (κ3) is 2.46. The summed E-state index contributed by atoms with van der Waals surface area (Å²) < 4.78 is 14.8. The van der Waals surface area contributed by atoms with Crippen LogP contribution in [0.4, 0.5) is 0 Å². The van der Waals surface area contributed by atoms with Crippen molar-refractivity contribution in [3.05, 3.63) is 59.7 Å². The molecular formula is C22H22NO2P. The minimum atomic E-state index is -1.17. The van der Waals surface area contributed by atoms with Gasteiger partial charge < -0.3 is 8.39 Å². The Bertz CT molecular complexity index is 1180. The van der Waals surface area contributed by atoms with Crippen LogP contribution in [0.3, 0.4) is 0 Å². The molecule has 1 aliphatic carbocycles. The van der Waals surface area contributed by atoms with E-state index in [2.05, 4.69) is 48.5 Å². The molecule has 0 spiro atoms. The lowest BCUT2D eigenvalue weighted by Crippen LogP contribution is -2.03. The number of nitrogens with zero attached hydrogens (tertiary/aromatic N) is 1. The molecular weight excluding hydrogens is 341 g/mol. The van der Waals surface area contributed by atoms with E-state index < -0.39 is 8.16 Å². The quantitative estimate of drug-likeness (QED) is 0.385. The Kier molecular flexibility index (Phi) is 3.81. The van der Waals surface area contributed by atoms with Gasteiger partial charge in [-0.25, -0.2) is 4.67 Å². The molecule has 1 unspecified atom stereocenters. The maximum atomic E-state index is 6.38. The Morgan fingerprint density at radius 3 is 2.38 bits per heavy atom. The molecule has 0 saturated heterocycles. The fourth-order valence-electron chi connectivity index (χ4n) is 4.09. The van der Waals surface area contributed by atoms with Gasteiger partial charge in [0, 0.05) is 24.9 Å². The van der Waals surface area contributed by atoms with Crippen LogP contribution in [0, 0.1) is 0 Å². The van der Waals surface area contributed by atoms with Crippen molar-refractivity contribution in [2.45, 2.75) is 25.7 Å². The van der Waals surface area contributed by atoms with Crippen LogP contribution in [0.5, 0.6) is 0 Å². The van der Waals surface area contributed by atoms with Gasteiger partial charge in [-0.15, -0.1) is 0 Å². The fraction of sp³-hybridized carbons (Fsp3) is 0.273. The van der Waals surface area contributed by atoms with Gasteiger partial charge in [0.25, 0.3) is 0 Å². The van der Waals surface area contributed by atoms with Gasteiger partial charge >= 0.3 is 8.16 Å². The molecule has 132 valence electrons. The normalized spacial score (nSPS) is 15.0. The highest BCUT2D eigenvalue weighted by atomic mass is 31.1. The van der Waals surface area contributed by atoms with Crippen molar-refractivity contribution in [2.24, 2.45) is 0 Å². The SMILES string of the molecule is CN(C)p1oc2ccc3c(c2c2c(ccc4ccccc42)o1)CCCC3. The van der Waals surface area contributed by atoms with Gasteiger partial charge in [0.15, 0.2) is 0 Å². The Hall–Kier alpha value is -2.22. The molecule has 3 nitrogen and oxygen atoms in total. The summed E-state index contributed by atoms with van der Waals surface area (Å²) in [5, 5.41) is 4.93. The lowest BCUT2D eigenvalue weighted by molar-refractivity contribution is 0.633. The molecule has 1 atom stereocenters. The van der Waals surface area contributed by atoms with E-state index in [0.717, 1.165) is 24.0 Å². The molecule has 4 heteroatoms. The van der Waals surface area contributed by atoms with Crippen molar-refractivity contribution in [2.75, 3.05) is 18.8 Å². The third-order valence-corrected chi connectivity index (χ3v) is 6.67. The molecule has 1 aliphatic rings. The average Bonchev–Trinajstić information content (AvgIpc) is 2.85. The third-order valence-electron chi connectivity index (χ3n) is 5.31. The molecule has 1 heterocycles. The minimum Gasteiger partial charge on any atom is -0.408 e. The van der Waals surface area contributed by atoms with E-state index in [1.165, 1.54) is 45.5 Å². The lowest BCUT2D eigenvalue weighted by Gasteiger charge is -2.17. The van der Waals surface area contributed by atoms with Crippen LogP contribution >= 0.6 is 8.16 Å². The Labute approximate surface area is 153 Å². The van der Waals surface area contributed by atoms with Crippen LogP contribution in [0.1, 0.15) is 24.0 Å². The highest BCUT2D eigenvalue weighted by molar-refractivity contribution is 7.38. The number of rotatable bonds is 1. The van der Waals surface area contributed by atoms with Crippen molar-refractivity contribution in [1.82, 2.24) is 0 Å². The van der Waals surface area contributed by atoms with Gasteiger partial charge in [0.05, 0.1) is 0 Å². The molecule has 4 aromatic rings. The maximum absolute atomic E-state index is 6.38. The minimum absolute atomic E-state index is 0.932. The maximum Gasteiger partial charge on any atom is 0.309 e. The van der Waals surface area contributed by atoms with Crippen LogP contribution in [0.15, 0.2) is 56.9 Å². The molecule has 26 heavy (non-hydrogen) atoms. The van der Waals surface area contributed by atoms with Crippen LogP contribution < -0.4 is 4.67 Å². The van der Waals surface area contributed by atoms with E-state index in [0.29, 0.717) is 0 Å². The molecule has 5 rings (SSSR count). The summed E-state index contributed by atoms with van der Waals surface area (Å²) in [6.45, 7) is 0. The molecule has 0 bridgehead atoms. The van der Waals surface area contributed by atoms with Crippen LogP contribution in [-0.4, -0.2) is 14.1 Å². The predicted octanol–water partition coefficient (Wildman–Crippen LogP) is 6.52. The highest BCUT2D eigenvalue weighted by Crippen LogP contribution is 2.41. The van der Waals surface area contributed by atoms with Gasteiger partial charge in [-0.3, -0.25) is 0 Å². The fourth-order valence-corrected chi connectivity index (χ4v) is 5.10. The molecule has 0 fully saturated rings. The summed E-state index contributed by atoms with van der Waals surface area (Å²) in [6, 6.07) is 17.2. The molecule has 3 aromatic carbocycles. The van der Waals surface area contributed by atoms with Crippen molar-refractivity contribution in [3.63, 3.8) is 0 Å². The summed E-state index contributed by atoms with van der Waals surface area (Å²) in [5.74, 6) is 0. The van der Waals surface area contributed by atoms with Crippen molar-refractivity contribution < 1.29 is 8.39 Å². The van der Waals surface area contributed by atoms with Gasteiger partial charge in [0.2, 0.25) is 0 Å². The van der Waals surface area contributed by atoms with Gasteiger partial charge in [-0.05, 0) is 59.7 Å². The first-order valence-corrected chi connectivity index (χ1v) is 10.4. The zero-order valence-electron chi connectivity index (χ0n) is 15.2. The second-order valence-corrected chi connectivity index (χ2v) is 8.85. The molecule has 0 N–H and O–H groups in total. The first-order valence-electron chi connectivity index (χ1n) is 9.22. The molecule has 0 amide bonds. The van der Waals surface area contributed by atoms with Crippen molar-refractivity contribution >= 4 is 40.9 Å². The summed E-state index contributed by atoms with van der Waals surface area (Å²) in [5.41, 5.74) is 4.81. The lowest BCUT2D eigenvalue weighted by atomic mass is 9.87. The summed E-state index contributed by atoms with van der Waals surface area (Å²) >= 11 is 0. The van der Waals surface area contributed by atoms with Gasteiger partial charge in [0.1, 0.15) is 11.2 Å². The van der Waals surface area contributed by atoms with Crippen molar-refractivity contribution in [1.29, 1.82) is 0 Å². The van der Waals surface area contributed by atoms with E-state index >= 15 is 0 Å². The molecule has 0 saturated carbocycles. The highest BCUT2D eigenvalue weighted by Gasteiger charge is 2.18. The summed E-state index contributed by atoms with van der Waals surface area (Å²) in [7, 11) is 2.85. The Balaban J connectivity index is 2.09. The van der Waals surface area contributed by atoms with Gasteiger partial charge in [-0.2, -0.15) is 0 Å². The molecule has 0 aliphatic heterocycles. The largest absolute Gasteiger partial charge is 0.408 e. The number of benzene rings is 3. The average molecular weight is 363 g/mol. The zero-order chi connectivity index (χ0) is 17.7. The van der Waals surface area contributed by atoms with Crippen LogP contribution in [0.2, 0.25) is 0 Å². The number of fused-ring (bicyclic) bond motifs is 7. The van der Waals surface area contributed by atoms with Crippen LogP contribution in [0.25, 0.3) is 32.7 Å². The summed E-state index contributed by atoms with van der Waals surface area (Å²) in [4.78, 5) is 0. The zero-order valence-corrected chi connectivity index (χ0v) is 16.1. The van der Waals surface area contributed by atoms with E-state index in [1.54, 1.807) is 0 Å². The second kappa shape index (κ2) is 6.19. The monoisotopic (exact) mass is 363 g/mol. The van der Waals surface area contributed by atoms with E-state index in [4.69, 9.17) is 8.39 Å². The molecule has 1 aromatic heterocycles. The second-order valence-electron chi connectivity index (χ2n) is 7.21. The smallest absolute Gasteiger partial charge is 0.309 e. The van der Waals surface area contributed by atoms with Gasteiger partial charge in [-0.1, -0.05) is 36.4 Å². The topological polar surface area (TPSA) is 29.5 Å². The van der Waals surface area contributed by atoms with Crippen molar-refractivity contribution in [3.8, 4) is 0 Å². The Morgan fingerprint density at radius 1 is 0.808 bits per heavy atom. The van der Waals surface area contributed by atoms with E-state index in [9.17, 15) is 0 Å². The first-order chi connectivity index (χ1) is 12.7. The molecule has 0 radical (unpaired) electrons. The van der Waals surface area contributed by atoms with Crippen LogP contribution in [-0.2, 0) is 12.8 Å². The predicted molar refractivity (Wildman–Crippen MR) is 111 cm³/mol. The number of aryl methyl sites for hydroxylation is 2.